The molecular formula is C16H21N3O4. The van der Waals surface area contributed by atoms with Crippen LogP contribution >= 0.6 is 0 Å². The first-order chi connectivity index (χ1) is 11.0. The van der Waals surface area contributed by atoms with E-state index in [2.05, 4.69) is 5.32 Å². The summed E-state index contributed by atoms with van der Waals surface area (Å²) in [5, 5.41) is 29.8. The van der Waals surface area contributed by atoms with Gasteiger partial charge in [0.15, 0.2) is 0 Å². The molecule has 1 aromatic carbocycles. The van der Waals surface area contributed by atoms with Crippen LogP contribution in [0.1, 0.15) is 5.56 Å². The average Bonchev–Trinajstić information content (AvgIpc) is 2.53. The molecule has 0 saturated carbocycles. The minimum atomic E-state index is -0.586. The molecule has 0 bridgehead atoms. The maximum absolute atomic E-state index is 12.3. The fourth-order valence-corrected chi connectivity index (χ4v) is 1.93. The largest absolute Gasteiger partial charge is 0.495 e. The number of rotatable bonds is 8. The van der Waals surface area contributed by atoms with Crippen LogP contribution in [0.3, 0.4) is 0 Å². The molecule has 0 atom stereocenters. The zero-order valence-electron chi connectivity index (χ0n) is 13.2. The van der Waals surface area contributed by atoms with Crippen molar-refractivity contribution in [1.29, 1.82) is 5.26 Å². The fraction of sp³-hybridized carbons (Fsp3) is 0.375. The lowest BCUT2D eigenvalue weighted by atomic mass is 10.2. The Morgan fingerprint density at radius 1 is 1.39 bits per heavy atom. The first-order valence-corrected chi connectivity index (χ1v) is 7.09. The van der Waals surface area contributed by atoms with Gasteiger partial charge in [-0.05, 0) is 24.6 Å². The highest BCUT2D eigenvalue weighted by Gasteiger charge is 2.14. The number of nitrogens with zero attached hydrogens (tertiary/aromatic N) is 2. The SMILES string of the molecule is COc1ccc(C)cc1NC(=O)/C(C#N)=C\N(CCO)CCO. The van der Waals surface area contributed by atoms with Gasteiger partial charge in [0, 0.05) is 19.3 Å². The third-order valence-corrected chi connectivity index (χ3v) is 3.05. The number of carbonyl (C=O) groups is 1. The van der Waals surface area contributed by atoms with E-state index in [4.69, 9.17) is 14.9 Å². The van der Waals surface area contributed by atoms with E-state index in [1.807, 2.05) is 19.1 Å². The quantitative estimate of drug-likeness (QED) is 0.479. The highest BCUT2D eigenvalue weighted by atomic mass is 16.5. The molecule has 23 heavy (non-hydrogen) atoms. The van der Waals surface area contributed by atoms with Crippen LogP contribution in [-0.2, 0) is 4.79 Å². The summed E-state index contributed by atoms with van der Waals surface area (Å²) in [4.78, 5) is 13.8. The summed E-state index contributed by atoms with van der Waals surface area (Å²) >= 11 is 0. The number of carbonyl (C=O) groups excluding carboxylic acids is 1. The summed E-state index contributed by atoms with van der Waals surface area (Å²) in [6.07, 6.45) is 1.32. The Morgan fingerprint density at radius 2 is 2.04 bits per heavy atom. The first kappa shape index (κ1) is 18.5. The van der Waals surface area contributed by atoms with E-state index in [0.717, 1.165) is 5.56 Å². The van der Waals surface area contributed by atoms with Crippen molar-refractivity contribution >= 4 is 11.6 Å². The smallest absolute Gasteiger partial charge is 0.267 e. The second-order valence-corrected chi connectivity index (χ2v) is 4.80. The van der Waals surface area contributed by atoms with Crippen molar-refractivity contribution in [2.24, 2.45) is 0 Å². The van der Waals surface area contributed by atoms with E-state index < -0.39 is 5.91 Å². The van der Waals surface area contributed by atoms with Crippen LogP contribution < -0.4 is 10.1 Å². The van der Waals surface area contributed by atoms with E-state index in [-0.39, 0.29) is 31.9 Å². The number of hydrogen-bond donors (Lipinski definition) is 3. The van der Waals surface area contributed by atoms with E-state index in [1.54, 1.807) is 12.1 Å². The number of anilines is 1. The molecule has 0 radical (unpaired) electrons. The molecule has 3 N–H and O–H groups in total. The molecule has 0 aliphatic heterocycles. The summed E-state index contributed by atoms with van der Waals surface area (Å²) in [7, 11) is 1.49. The normalized spacial score (nSPS) is 10.8. The zero-order valence-corrected chi connectivity index (χ0v) is 13.2. The van der Waals surface area contributed by atoms with Crippen LogP contribution in [0.5, 0.6) is 5.75 Å². The monoisotopic (exact) mass is 319 g/mol. The number of methoxy groups -OCH3 is 1. The van der Waals surface area contributed by atoms with Crippen molar-refractivity contribution in [3.63, 3.8) is 0 Å². The Kier molecular flexibility index (Phi) is 7.60. The summed E-state index contributed by atoms with van der Waals surface area (Å²) in [6.45, 7) is 2.00. The highest BCUT2D eigenvalue weighted by molar-refractivity contribution is 6.07. The molecule has 0 aliphatic rings. The zero-order chi connectivity index (χ0) is 17.2. The highest BCUT2D eigenvalue weighted by Crippen LogP contribution is 2.25. The van der Waals surface area contributed by atoms with Crippen molar-refractivity contribution in [1.82, 2.24) is 4.90 Å². The van der Waals surface area contributed by atoms with Gasteiger partial charge in [-0.1, -0.05) is 6.07 Å². The maximum Gasteiger partial charge on any atom is 0.267 e. The van der Waals surface area contributed by atoms with E-state index in [9.17, 15) is 10.1 Å². The third kappa shape index (κ3) is 5.62. The van der Waals surface area contributed by atoms with Gasteiger partial charge in [0.05, 0.1) is 26.0 Å². The molecule has 1 aromatic rings. The number of aliphatic hydroxyl groups is 2. The Hall–Kier alpha value is -2.56. The van der Waals surface area contributed by atoms with Crippen LogP contribution in [0.2, 0.25) is 0 Å². The average molecular weight is 319 g/mol. The molecule has 124 valence electrons. The summed E-state index contributed by atoms with van der Waals surface area (Å²) in [5.41, 5.74) is 1.27. The molecule has 0 fully saturated rings. The fourth-order valence-electron chi connectivity index (χ4n) is 1.93. The minimum Gasteiger partial charge on any atom is -0.495 e. The third-order valence-electron chi connectivity index (χ3n) is 3.05. The second kappa shape index (κ2) is 9.46. The molecule has 7 heteroatoms. The van der Waals surface area contributed by atoms with Gasteiger partial charge in [-0.25, -0.2) is 0 Å². The van der Waals surface area contributed by atoms with Crippen LogP contribution in [-0.4, -0.2) is 54.4 Å². The van der Waals surface area contributed by atoms with Crippen LogP contribution in [0, 0.1) is 18.3 Å². The Morgan fingerprint density at radius 3 is 2.57 bits per heavy atom. The lowest BCUT2D eigenvalue weighted by Crippen LogP contribution is -2.26. The number of ether oxygens (including phenoxy) is 1. The van der Waals surface area contributed by atoms with E-state index >= 15 is 0 Å². The van der Waals surface area contributed by atoms with Crippen LogP contribution in [0.25, 0.3) is 0 Å². The van der Waals surface area contributed by atoms with Gasteiger partial charge in [-0.15, -0.1) is 0 Å². The van der Waals surface area contributed by atoms with Gasteiger partial charge in [0.1, 0.15) is 17.4 Å². The number of amides is 1. The summed E-state index contributed by atoms with van der Waals surface area (Å²) in [5.74, 6) is -0.0962. The van der Waals surface area contributed by atoms with Gasteiger partial charge in [0.25, 0.3) is 5.91 Å². The number of aliphatic hydroxyl groups excluding tert-OH is 2. The van der Waals surface area contributed by atoms with Crippen molar-refractivity contribution in [3.05, 3.63) is 35.5 Å². The predicted molar refractivity (Wildman–Crippen MR) is 85.8 cm³/mol. The summed E-state index contributed by atoms with van der Waals surface area (Å²) in [6, 6.07) is 7.14. The molecule has 0 heterocycles. The van der Waals surface area contributed by atoms with Crippen molar-refractivity contribution in [2.45, 2.75) is 6.92 Å². The lowest BCUT2D eigenvalue weighted by Gasteiger charge is -2.18. The Balaban J connectivity index is 2.97. The topological polar surface area (TPSA) is 106 Å². The van der Waals surface area contributed by atoms with Crippen molar-refractivity contribution in [2.75, 3.05) is 38.7 Å². The molecule has 0 aliphatic carbocycles. The number of nitriles is 1. The van der Waals surface area contributed by atoms with Crippen molar-refractivity contribution in [3.8, 4) is 11.8 Å². The van der Waals surface area contributed by atoms with Gasteiger partial charge in [0.2, 0.25) is 0 Å². The van der Waals surface area contributed by atoms with E-state index in [1.165, 1.54) is 18.2 Å². The van der Waals surface area contributed by atoms with Crippen molar-refractivity contribution < 1.29 is 19.7 Å². The molecule has 1 rings (SSSR count). The molecular weight excluding hydrogens is 298 g/mol. The van der Waals surface area contributed by atoms with Gasteiger partial charge >= 0.3 is 0 Å². The predicted octanol–water partition coefficient (Wildman–Crippen LogP) is 0.636. The number of aryl methyl sites for hydroxylation is 1. The molecule has 0 spiro atoms. The summed E-state index contributed by atoms with van der Waals surface area (Å²) < 4.78 is 5.18. The van der Waals surface area contributed by atoms with E-state index in [0.29, 0.717) is 11.4 Å². The second-order valence-electron chi connectivity index (χ2n) is 4.80. The number of hydrogen-bond acceptors (Lipinski definition) is 6. The number of nitrogens with one attached hydrogen (secondary N) is 1. The van der Waals surface area contributed by atoms with Gasteiger partial charge < -0.3 is 25.2 Å². The number of benzene rings is 1. The van der Waals surface area contributed by atoms with Crippen LogP contribution in [0.4, 0.5) is 5.69 Å². The molecule has 1 amide bonds. The minimum absolute atomic E-state index is 0.129. The maximum atomic E-state index is 12.3. The molecule has 0 aromatic heterocycles. The standard InChI is InChI=1S/C16H21N3O4/c1-12-3-4-15(23-2)14(9-12)18-16(22)13(10-17)11-19(5-7-20)6-8-21/h3-4,9,11,20-21H,5-8H2,1-2H3,(H,18,22)/b13-11-. The van der Waals surface area contributed by atoms with Gasteiger partial charge in [-0.3, -0.25) is 4.79 Å². The first-order valence-electron chi connectivity index (χ1n) is 7.09. The molecule has 7 nitrogen and oxygen atoms in total. The lowest BCUT2D eigenvalue weighted by molar-refractivity contribution is -0.112. The Bertz CT molecular complexity index is 602. The molecule has 0 unspecified atom stereocenters. The van der Waals surface area contributed by atoms with Crippen LogP contribution in [0.15, 0.2) is 30.0 Å². The van der Waals surface area contributed by atoms with Gasteiger partial charge in [-0.2, -0.15) is 5.26 Å². The molecule has 0 saturated heterocycles. The Labute approximate surface area is 135 Å².